The standard InChI is InChI=1S/C27H21FN10O3/c28-17-8-21(27(41)35-26-23-16(10-31-26)1-3-18(9-29)34-23)37(12-17)22(39)13-38-20-4-2-14(15-5-6-32-33-11-15)7-19(20)24(36-38)25(30)40/h1-7,11,17,21H,8,10,12-13H2,(H2,30,40)(H,31,35,41). The minimum Gasteiger partial charge on any atom is -0.364 e. The maximum absolute atomic E-state index is 14.6. The lowest BCUT2D eigenvalue weighted by Crippen LogP contribution is -2.48. The molecule has 2 aliphatic rings. The number of alkyl halides is 1. The van der Waals surface area contributed by atoms with Crippen molar-refractivity contribution in [3.05, 3.63) is 71.4 Å². The van der Waals surface area contributed by atoms with Gasteiger partial charge in [0.05, 0.1) is 31.0 Å². The van der Waals surface area contributed by atoms with Crippen molar-refractivity contribution in [2.45, 2.75) is 31.7 Å². The highest BCUT2D eigenvalue weighted by atomic mass is 19.1. The Balaban J connectivity index is 1.24. The minimum atomic E-state index is -1.41. The fraction of sp³-hybridized carbons (Fsp3) is 0.222. The third-order valence-corrected chi connectivity index (χ3v) is 7.03. The lowest BCUT2D eigenvalue weighted by molar-refractivity contribution is -0.138. The van der Waals surface area contributed by atoms with E-state index in [-0.39, 0.29) is 43.3 Å². The molecule has 6 rings (SSSR count). The highest BCUT2D eigenvalue weighted by molar-refractivity contribution is 6.10. The number of nitrogens with one attached hydrogen (secondary N) is 1. The lowest BCUT2D eigenvalue weighted by atomic mass is 10.0. The lowest BCUT2D eigenvalue weighted by Gasteiger charge is -2.23. The molecule has 2 atom stereocenters. The summed E-state index contributed by atoms with van der Waals surface area (Å²) in [6, 6.07) is 11.1. The molecule has 5 heterocycles. The van der Waals surface area contributed by atoms with E-state index in [9.17, 15) is 18.8 Å². The van der Waals surface area contributed by atoms with Crippen molar-refractivity contribution in [2.24, 2.45) is 10.7 Å². The molecule has 3 N–H and O–H groups in total. The number of aromatic nitrogens is 5. The zero-order valence-electron chi connectivity index (χ0n) is 21.4. The summed E-state index contributed by atoms with van der Waals surface area (Å²) < 4.78 is 15.9. The van der Waals surface area contributed by atoms with Gasteiger partial charge in [0.15, 0.2) is 11.5 Å². The van der Waals surface area contributed by atoms with Crippen LogP contribution in [-0.2, 0) is 22.7 Å². The molecule has 1 aromatic carbocycles. The van der Waals surface area contributed by atoms with Crippen molar-refractivity contribution >= 4 is 34.5 Å². The molecule has 0 saturated carbocycles. The van der Waals surface area contributed by atoms with Crippen LogP contribution in [0.1, 0.15) is 33.9 Å². The van der Waals surface area contributed by atoms with E-state index in [0.717, 1.165) is 21.6 Å². The predicted octanol–water partition coefficient (Wildman–Crippen LogP) is 0.874. The molecule has 204 valence electrons. The number of pyridine rings is 1. The number of hydrogen-bond acceptors (Lipinski definition) is 9. The third kappa shape index (κ3) is 4.73. The second kappa shape index (κ2) is 10.2. The Hall–Kier alpha value is -5.58. The van der Waals surface area contributed by atoms with Crippen molar-refractivity contribution in [1.82, 2.24) is 35.2 Å². The van der Waals surface area contributed by atoms with Gasteiger partial charge < -0.3 is 16.0 Å². The average Bonchev–Trinajstić information content (AvgIpc) is 3.68. The summed E-state index contributed by atoms with van der Waals surface area (Å²) in [5, 5.41) is 24.1. The molecule has 2 aliphatic heterocycles. The second-order valence-electron chi connectivity index (χ2n) is 9.60. The highest BCUT2D eigenvalue weighted by Crippen LogP contribution is 2.27. The van der Waals surface area contributed by atoms with Gasteiger partial charge in [-0.2, -0.15) is 20.6 Å². The van der Waals surface area contributed by atoms with Gasteiger partial charge in [0.25, 0.3) is 5.91 Å². The first kappa shape index (κ1) is 25.7. The fourth-order valence-electron chi connectivity index (χ4n) is 5.07. The van der Waals surface area contributed by atoms with Gasteiger partial charge in [0, 0.05) is 22.9 Å². The number of amidine groups is 1. The molecule has 0 spiro atoms. The van der Waals surface area contributed by atoms with Crippen LogP contribution in [0, 0.1) is 11.3 Å². The zero-order chi connectivity index (χ0) is 28.7. The number of nitrogens with two attached hydrogens (primary N) is 1. The summed E-state index contributed by atoms with van der Waals surface area (Å²) in [7, 11) is 0. The second-order valence-corrected chi connectivity index (χ2v) is 9.60. The van der Waals surface area contributed by atoms with Crippen LogP contribution in [0.3, 0.4) is 0 Å². The molecule has 1 saturated heterocycles. The molecule has 0 aliphatic carbocycles. The van der Waals surface area contributed by atoms with E-state index in [4.69, 9.17) is 11.0 Å². The van der Waals surface area contributed by atoms with Gasteiger partial charge in [-0.25, -0.2) is 9.37 Å². The van der Waals surface area contributed by atoms with Crippen LogP contribution in [-0.4, -0.2) is 72.2 Å². The van der Waals surface area contributed by atoms with Crippen LogP contribution >= 0.6 is 0 Å². The fourth-order valence-corrected chi connectivity index (χ4v) is 5.07. The number of primary amides is 1. The van der Waals surface area contributed by atoms with E-state index < -0.39 is 29.9 Å². The molecule has 2 unspecified atom stereocenters. The molecule has 0 bridgehead atoms. The first-order valence-corrected chi connectivity index (χ1v) is 12.6. The number of carbonyl (C=O) groups is 3. The number of amides is 3. The van der Waals surface area contributed by atoms with E-state index >= 15 is 0 Å². The molecular formula is C27H21FN10O3. The molecular weight excluding hydrogens is 531 g/mol. The Morgan fingerprint density at radius 3 is 2.76 bits per heavy atom. The van der Waals surface area contributed by atoms with Crippen LogP contribution in [0.2, 0.25) is 0 Å². The third-order valence-electron chi connectivity index (χ3n) is 7.03. The molecule has 1 fully saturated rings. The molecule has 3 amide bonds. The number of hydrogen-bond donors (Lipinski definition) is 2. The number of benzene rings is 1. The average molecular weight is 553 g/mol. The Morgan fingerprint density at radius 1 is 1.15 bits per heavy atom. The van der Waals surface area contributed by atoms with E-state index in [2.05, 4.69) is 30.6 Å². The van der Waals surface area contributed by atoms with Crippen molar-refractivity contribution in [1.29, 1.82) is 5.26 Å². The molecule has 0 radical (unpaired) electrons. The Bertz CT molecular complexity index is 1800. The van der Waals surface area contributed by atoms with Gasteiger partial charge in [-0.15, -0.1) is 0 Å². The summed E-state index contributed by atoms with van der Waals surface area (Å²) >= 11 is 0. The van der Waals surface area contributed by atoms with Crippen LogP contribution in [0.5, 0.6) is 0 Å². The van der Waals surface area contributed by atoms with E-state index in [1.165, 1.54) is 10.9 Å². The van der Waals surface area contributed by atoms with Gasteiger partial charge >= 0.3 is 0 Å². The minimum absolute atomic E-state index is 0.0297. The van der Waals surface area contributed by atoms with Gasteiger partial charge in [-0.05, 0) is 29.8 Å². The Labute approximate surface area is 231 Å². The Morgan fingerprint density at radius 2 is 2.00 bits per heavy atom. The topological polar surface area (TPSA) is 185 Å². The quantitative estimate of drug-likeness (QED) is 0.365. The van der Waals surface area contributed by atoms with E-state index in [1.807, 2.05) is 6.07 Å². The summed E-state index contributed by atoms with van der Waals surface area (Å²) in [5.74, 6) is -1.79. The largest absolute Gasteiger partial charge is 0.364 e. The first-order valence-electron chi connectivity index (χ1n) is 12.6. The SMILES string of the molecule is N#Cc1ccc2c(n1)C(NC(=O)C1CC(F)CN1C(=O)Cn1nc(C(N)=O)c3cc(-c4ccnnc4)ccc31)=NC2. The number of nitrogens with zero attached hydrogens (tertiary/aromatic N) is 8. The van der Waals surface area contributed by atoms with E-state index in [0.29, 0.717) is 16.6 Å². The molecule has 4 aromatic rings. The van der Waals surface area contributed by atoms with Gasteiger partial charge in [0.2, 0.25) is 11.8 Å². The number of halogens is 1. The maximum atomic E-state index is 14.6. The number of aliphatic imine (C=N–C) groups is 1. The number of fused-ring (bicyclic) bond motifs is 2. The highest BCUT2D eigenvalue weighted by Gasteiger charge is 2.41. The molecule has 3 aromatic heterocycles. The molecule has 41 heavy (non-hydrogen) atoms. The predicted molar refractivity (Wildman–Crippen MR) is 142 cm³/mol. The number of carbonyl (C=O) groups excluding carboxylic acids is 3. The van der Waals surface area contributed by atoms with Gasteiger partial charge in [-0.3, -0.25) is 24.1 Å². The number of rotatable bonds is 5. The Kier molecular flexibility index (Phi) is 6.38. The normalized spacial score (nSPS) is 17.7. The van der Waals surface area contributed by atoms with Crippen LogP contribution < -0.4 is 11.1 Å². The van der Waals surface area contributed by atoms with Crippen LogP contribution in [0.4, 0.5) is 4.39 Å². The summed E-state index contributed by atoms with van der Waals surface area (Å²) in [6.07, 6.45) is 1.50. The van der Waals surface area contributed by atoms with Crippen molar-refractivity contribution < 1.29 is 18.8 Å². The molecule has 13 nitrogen and oxygen atoms in total. The van der Waals surface area contributed by atoms with Crippen molar-refractivity contribution in [2.75, 3.05) is 6.54 Å². The van der Waals surface area contributed by atoms with Gasteiger partial charge in [-0.1, -0.05) is 12.1 Å². The van der Waals surface area contributed by atoms with Crippen LogP contribution in [0.15, 0.2) is 53.8 Å². The summed E-state index contributed by atoms with van der Waals surface area (Å²) in [4.78, 5) is 48.5. The maximum Gasteiger partial charge on any atom is 0.269 e. The van der Waals surface area contributed by atoms with Crippen molar-refractivity contribution in [3.63, 3.8) is 0 Å². The zero-order valence-corrected chi connectivity index (χ0v) is 21.4. The van der Waals surface area contributed by atoms with Crippen molar-refractivity contribution in [3.8, 4) is 17.2 Å². The molecule has 14 heteroatoms. The first-order chi connectivity index (χ1) is 19.8. The summed E-state index contributed by atoms with van der Waals surface area (Å²) in [6.45, 7) is -0.359. The monoisotopic (exact) mass is 552 g/mol. The summed E-state index contributed by atoms with van der Waals surface area (Å²) in [5.41, 5.74) is 8.78. The van der Waals surface area contributed by atoms with E-state index in [1.54, 1.807) is 42.6 Å². The van der Waals surface area contributed by atoms with Gasteiger partial charge in [0.1, 0.15) is 36.2 Å². The van der Waals surface area contributed by atoms with Crippen LogP contribution in [0.25, 0.3) is 22.0 Å². The smallest absolute Gasteiger partial charge is 0.269 e. The number of likely N-dealkylation sites (tertiary alicyclic amines) is 1. The number of nitriles is 1.